The van der Waals surface area contributed by atoms with Crippen LogP contribution in [0, 0.1) is 23.7 Å². The maximum Gasteiger partial charge on any atom is 0.309 e. The zero-order valence-electron chi connectivity index (χ0n) is 34.1. The first kappa shape index (κ1) is 46.8. The Hall–Kier alpha value is -3.84. The summed E-state index contributed by atoms with van der Waals surface area (Å²) in [5, 5.41) is 0. The molecule has 0 spiro atoms. The SMILES string of the molecule is CC(C)CC(=O)OC(SSC(OC(=O)CC(C)Cc1ccc(C(OC(=O)C(C)C)SSC(OC(=O)C(C)C)c2ccccc2)cc1)c1ccccc1)c1ccccc1. The first-order chi connectivity index (χ1) is 27.8. The van der Waals surface area contributed by atoms with Gasteiger partial charge < -0.3 is 18.9 Å². The first-order valence-corrected chi connectivity index (χ1v) is 24.0. The molecule has 58 heavy (non-hydrogen) atoms. The summed E-state index contributed by atoms with van der Waals surface area (Å²) in [6.45, 7) is 13.1. The Morgan fingerprint density at radius 2 is 0.759 bits per heavy atom. The Morgan fingerprint density at radius 1 is 0.431 bits per heavy atom. The molecule has 4 aromatic carbocycles. The Kier molecular flexibility index (Phi) is 19.6. The van der Waals surface area contributed by atoms with Crippen molar-refractivity contribution in [2.75, 3.05) is 0 Å². The van der Waals surface area contributed by atoms with Gasteiger partial charge >= 0.3 is 23.9 Å². The number of esters is 4. The molecule has 0 saturated heterocycles. The van der Waals surface area contributed by atoms with Gasteiger partial charge in [-0.3, -0.25) is 19.2 Å². The summed E-state index contributed by atoms with van der Waals surface area (Å²) in [5.41, 5.74) is 1.84. The van der Waals surface area contributed by atoms with Crippen LogP contribution in [0.1, 0.15) is 111 Å². The Labute approximate surface area is 359 Å². The van der Waals surface area contributed by atoms with Crippen molar-refractivity contribution in [3.8, 4) is 0 Å². The smallest absolute Gasteiger partial charge is 0.309 e. The highest BCUT2D eigenvalue weighted by atomic mass is 33.1. The summed E-state index contributed by atoms with van der Waals surface area (Å²) in [6, 6.07) is 36.4. The average Bonchev–Trinajstić information content (AvgIpc) is 3.20. The third-order valence-electron chi connectivity index (χ3n) is 8.47. The zero-order chi connectivity index (χ0) is 42.0. The van der Waals surface area contributed by atoms with Gasteiger partial charge in [0.25, 0.3) is 0 Å². The van der Waals surface area contributed by atoms with Crippen molar-refractivity contribution in [2.45, 2.75) is 89.5 Å². The molecule has 0 fully saturated rings. The molecule has 5 atom stereocenters. The second-order valence-electron chi connectivity index (χ2n) is 15.0. The Balaban J connectivity index is 1.41. The number of ether oxygens (including phenoxy) is 4. The molecule has 4 aromatic rings. The van der Waals surface area contributed by atoms with Gasteiger partial charge in [-0.2, -0.15) is 0 Å². The van der Waals surface area contributed by atoms with E-state index in [2.05, 4.69) is 0 Å². The van der Waals surface area contributed by atoms with E-state index in [9.17, 15) is 19.2 Å². The number of hydrogen-bond acceptors (Lipinski definition) is 12. The topological polar surface area (TPSA) is 105 Å². The van der Waals surface area contributed by atoms with E-state index in [1.807, 2.05) is 136 Å². The van der Waals surface area contributed by atoms with Crippen LogP contribution >= 0.6 is 43.2 Å². The minimum atomic E-state index is -0.657. The van der Waals surface area contributed by atoms with Crippen LogP contribution in [-0.4, -0.2) is 23.9 Å². The molecule has 0 amide bonds. The quantitative estimate of drug-likeness (QED) is 0.0325. The lowest BCUT2D eigenvalue weighted by atomic mass is 9.97. The van der Waals surface area contributed by atoms with Crippen molar-refractivity contribution in [1.82, 2.24) is 0 Å². The second-order valence-corrected chi connectivity index (χ2v) is 19.8. The van der Waals surface area contributed by atoms with E-state index in [1.54, 1.807) is 27.7 Å². The highest BCUT2D eigenvalue weighted by Gasteiger charge is 2.27. The van der Waals surface area contributed by atoms with Crippen LogP contribution in [0.2, 0.25) is 0 Å². The first-order valence-electron chi connectivity index (χ1n) is 19.5. The van der Waals surface area contributed by atoms with Crippen LogP contribution in [0.5, 0.6) is 0 Å². The largest absolute Gasteiger partial charge is 0.445 e. The third kappa shape index (κ3) is 16.1. The molecule has 12 heteroatoms. The molecule has 0 aliphatic carbocycles. The van der Waals surface area contributed by atoms with E-state index in [0.29, 0.717) is 12.8 Å². The number of carbonyl (C=O) groups is 4. The lowest BCUT2D eigenvalue weighted by Gasteiger charge is -2.23. The molecule has 0 aliphatic heterocycles. The van der Waals surface area contributed by atoms with Gasteiger partial charge in [-0.15, -0.1) is 0 Å². The monoisotopic (exact) mass is 862 g/mol. The van der Waals surface area contributed by atoms with Crippen molar-refractivity contribution < 1.29 is 38.1 Å². The van der Waals surface area contributed by atoms with Crippen LogP contribution in [0.25, 0.3) is 0 Å². The van der Waals surface area contributed by atoms with E-state index in [-0.39, 0.29) is 54.0 Å². The van der Waals surface area contributed by atoms with E-state index < -0.39 is 21.7 Å². The van der Waals surface area contributed by atoms with Gasteiger partial charge in [-0.05, 0) is 67.0 Å². The molecule has 4 rings (SSSR count). The van der Waals surface area contributed by atoms with Crippen molar-refractivity contribution in [2.24, 2.45) is 23.7 Å². The summed E-state index contributed by atoms with van der Waals surface area (Å²) in [5.74, 6) is -1.76. The fraction of sp³-hybridized carbons (Fsp3) is 0.391. The van der Waals surface area contributed by atoms with E-state index in [0.717, 1.165) is 27.8 Å². The predicted octanol–water partition coefficient (Wildman–Crippen LogP) is 12.6. The zero-order valence-corrected chi connectivity index (χ0v) is 37.4. The highest BCUT2D eigenvalue weighted by Crippen LogP contribution is 2.49. The van der Waals surface area contributed by atoms with Gasteiger partial charge in [0.05, 0.1) is 11.8 Å². The molecule has 0 aliphatic rings. The lowest BCUT2D eigenvalue weighted by molar-refractivity contribution is -0.150. The van der Waals surface area contributed by atoms with Crippen molar-refractivity contribution in [3.05, 3.63) is 143 Å². The molecular formula is C46H54O8S4. The van der Waals surface area contributed by atoms with Crippen molar-refractivity contribution in [1.29, 1.82) is 0 Å². The molecule has 310 valence electrons. The molecule has 8 nitrogen and oxygen atoms in total. The van der Waals surface area contributed by atoms with E-state index in [1.165, 1.54) is 43.2 Å². The Bertz CT molecular complexity index is 1860. The fourth-order valence-corrected chi connectivity index (χ4v) is 10.4. The van der Waals surface area contributed by atoms with Crippen molar-refractivity contribution in [3.63, 3.8) is 0 Å². The number of hydrogen-bond donors (Lipinski definition) is 0. The number of carbonyl (C=O) groups excluding carboxylic acids is 4. The summed E-state index contributed by atoms with van der Waals surface area (Å²) in [7, 11) is 5.36. The highest BCUT2D eigenvalue weighted by molar-refractivity contribution is 8.77. The molecule has 0 N–H and O–H groups in total. The summed E-state index contributed by atoms with van der Waals surface area (Å²) in [6.07, 6.45) is 1.12. The Morgan fingerprint density at radius 3 is 1.10 bits per heavy atom. The van der Waals surface area contributed by atoms with Gasteiger partial charge in [0, 0.05) is 35.1 Å². The summed E-state index contributed by atoms with van der Waals surface area (Å²) >= 11 is 0. The second kappa shape index (κ2) is 24.3. The van der Waals surface area contributed by atoms with E-state index in [4.69, 9.17) is 18.9 Å². The van der Waals surface area contributed by atoms with Crippen LogP contribution in [0.3, 0.4) is 0 Å². The molecule has 0 bridgehead atoms. The minimum Gasteiger partial charge on any atom is -0.445 e. The van der Waals surface area contributed by atoms with Gasteiger partial charge in [-0.1, -0.05) is 164 Å². The molecule has 0 heterocycles. The van der Waals surface area contributed by atoms with E-state index >= 15 is 0 Å². The van der Waals surface area contributed by atoms with Gasteiger partial charge in [0.15, 0.2) is 21.7 Å². The van der Waals surface area contributed by atoms with Crippen LogP contribution < -0.4 is 0 Å². The molecule has 5 unspecified atom stereocenters. The fourth-order valence-electron chi connectivity index (χ4n) is 5.33. The summed E-state index contributed by atoms with van der Waals surface area (Å²) in [4.78, 5) is 51.6. The van der Waals surface area contributed by atoms with Gasteiger partial charge in [0.1, 0.15) is 0 Å². The maximum atomic E-state index is 13.5. The minimum absolute atomic E-state index is 0.0387. The molecular weight excluding hydrogens is 809 g/mol. The van der Waals surface area contributed by atoms with Crippen molar-refractivity contribution >= 4 is 67.1 Å². The lowest BCUT2D eigenvalue weighted by Crippen LogP contribution is -2.16. The standard InChI is InChI=1S/C46H54O8S4/c1-30(2)27-39(47)51-43(35-17-11-8-12-18-35)55-56-44(36-19-13-9-14-20-36)52-40(48)29-33(7)28-34-23-25-38(26-24-34)46(54-42(50)32(5)6)58-57-45(53-41(49)31(3)4)37-21-15-10-16-22-37/h8-26,30-33,43-46H,27-29H2,1-7H3. The summed E-state index contributed by atoms with van der Waals surface area (Å²) < 4.78 is 23.8. The van der Waals surface area contributed by atoms with Gasteiger partial charge in [-0.25, -0.2) is 0 Å². The van der Waals surface area contributed by atoms with Gasteiger partial charge in [0.2, 0.25) is 0 Å². The molecule has 0 saturated carbocycles. The van der Waals surface area contributed by atoms with Crippen LogP contribution in [0.4, 0.5) is 0 Å². The third-order valence-corrected chi connectivity index (χ3v) is 13.6. The maximum absolute atomic E-state index is 13.5. The molecule has 0 aromatic heterocycles. The predicted molar refractivity (Wildman–Crippen MR) is 238 cm³/mol. The average molecular weight is 863 g/mol. The van der Waals surface area contributed by atoms with Crippen LogP contribution in [0.15, 0.2) is 115 Å². The normalized spacial score (nSPS) is 14.0. The van der Waals surface area contributed by atoms with Crippen LogP contribution in [-0.2, 0) is 44.5 Å². The number of benzene rings is 4. The molecule has 0 radical (unpaired) electrons. The number of rotatable bonds is 22.